The van der Waals surface area contributed by atoms with Crippen LogP contribution in [0.5, 0.6) is 0 Å². The van der Waals surface area contributed by atoms with E-state index in [-0.39, 0.29) is 12.4 Å². The maximum atomic E-state index is 13.4. The summed E-state index contributed by atoms with van der Waals surface area (Å²) in [7, 11) is 0. The van der Waals surface area contributed by atoms with E-state index in [1.807, 2.05) is 0 Å². The highest BCUT2D eigenvalue weighted by Crippen LogP contribution is 2.17. The van der Waals surface area contributed by atoms with Gasteiger partial charge in [-0.2, -0.15) is 0 Å². The van der Waals surface area contributed by atoms with Crippen LogP contribution in [0.15, 0.2) is 48.8 Å². The van der Waals surface area contributed by atoms with Gasteiger partial charge in [0.15, 0.2) is 0 Å². The second-order valence-corrected chi connectivity index (χ2v) is 4.27. The number of benzene rings is 1. The normalized spacial score (nSPS) is 10.7. The van der Waals surface area contributed by atoms with Crippen molar-refractivity contribution in [1.29, 1.82) is 0 Å². The second-order valence-electron chi connectivity index (χ2n) is 4.27. The molecule has 1 aromatic carbocycles. The molecule has 20 heavy (non-hydrogen) atoms. The number of rotatable bonds is 3. The molecule has 0 saturated carbocycles. The summed E-state index contributed by atoms with van der Waals surface area (Å²) < 4.78 is 18.6. The van der Waals surface area contributed by atoms with Gasteiger partial charge in [0.1, 0.15) is 18.1 Å². The Balaban J connectivity index is 1.80. The average Bonchev–Trinajstić information content (AvgIpc) is 2.94. The summed E-state index contributed by atoms with van der Waals surface area (Å²) in [5.41, 5.74) is 1.37. The minimum absolute atomic E-state index is 0.0975. The highest BCUT2D eigenvalue weighted by atomic mass is 19.1. The van der Waals surface area contributed by atoms with E-state index in [1.54, 1.807) is 36.5 Å². The zero-order valence-electron chi connectivity index (χ0n) is 10.5. The van der Waals surface area contributed by atoms with Crippen LogP contribution in [0.4, 0.5) is 4.39 Å². The molecule has 0 atom stereocenters. The lowest BCUT2D eigenvalue weighted by Gasteiger charge is -2.06. The predicted molar refractivity (Wildman–Crippen MR) is 71.6 cm³/mol. The van der Waals surface area contributed by atoms with Crippen LogP contribution in [0.3, 0.4) is 0 Å². The van der Waals surface area contributed by atoms with Crippen molar-refractivity contribution < 1.29 is 13.9 Å². The number of carbonyl (C=O) groups is 1. The zero-order chi connectivity index (χ0) is 13.9. The number of aromatic nitrogens is 2. The van der Waals surface area contributed by atoms with Gasteiger partial charge in [-0.05, 0) is 18.2 Å². The molecule has 0 spiro atoms. The molecule has 100 valence electrons. The Morgan fingerprint density at radius 1 is 1.25 bits per heavy atom. The standard InChI is InChI=1S/C15H11FN2O2/c16-13-4-2-1-3-10(13)9-20-15(19)12-6-8-18-14-11(12)5-7-17-14/h1-8H,9H2,(H,17,18). The first-order valence-corrected chi connectivity index (χ1v) is 6.08. The third kappa shape index (κ3) is 2.25. The summed E-state index contributed by atoms with van der Waals surface area (Å²) in [5, 5.41) is 0.686. The van der Waals surface area contributed by atoms with Crippen LogP contribution >= 0.6 is 0 Å². The average molecular weight is 270 g/mol. The molecule has 1 N–H and O–H groups in total. The quantitative estimate of drug-likeness (QED) is 0.744. The number of carbonyl (C=O) groups excluding carboxylic acids is 1. The molecular weight excluding hydrogens is 259 g/mol. The van der Waals surface area contributed by atoms with Crippen molar-refractivity contribution in [2.45, 2.75) is 6.61 Å². The molecule has 0 aliphatic heterocycles. The largest absolute Gasteiger partial charge is 0.457 e. The molecule has 3 aromatic rings. The molecular formula is C15H11FN2O2. The smallest absolute Gasteiger partial charge is 0.339 e. The molecule has 4 nitrogen and oxygen atoms in total. The van der Waals surface area contributed by atoms with Gasteiger partial charge >= 0.3 is 5.97 Å². The maximum absolute atomic E-state index is 13.4. The first kappa shape index (κ1) is 12.3. The predicted octanol–water partition coefficient (Wildman–Crippen LogP) is 3.06. The number of esters is 1. The summed E-state index contributed by atoms with van der Waals surface area (Å²) in [6.07, 6.45) is 3.23. The van der Waals surface area contributed by atoms with Crippen LogP contribution in [-0.4, -0.2) is 15.9 Å². The second kappa shape index (κ2) is 5.13. The number of H-pyrrole nitrogens is 1. The number of nitrogens with zero attached hydrogens (tertiary/aromatic N) is 1. The third-order valence-electron chi connectivity index (χ3n) is 3.00. The van der Waals surface area contributed by atoms with Gasteiger partial charge in [-0.3, -0.25) is 0 Å². The van der Waals surface area contributed by atoms with Crippen LogP contribution in [0.1, 0.15) is 15.9 Å². The topological polar surface area (TPSA) is 55.0 Å². The monoisotopic (exact) mass is 270 g/mol. The summed E-state index contributed by atoms with van der Waals surface area (Å²) in [4.78, 5) is 19.1. The Kier molecular flexibility index (Phi) is 3.16. The molecule has 2 aromatic heterocycles. The van der Waals surface area contributed by atoms with Crippen molar-refractivity contribution in [2.24, 2.45) is 0 Å². The lowest BCUT2D eigenvalue weighted by Crippen LogP contribution is -2.06. The number of nitrogens with one attached hydrogen (secondary N) is 1. The summed E-state index contributed by atoms with van der Waals surface area (Å²) in [6, 6.07) is 9.54. The van der Waals surface area contributed by atoms with Crippen LogP contribution < -0.4 is 0 Å². The number of fused-ring (bicyclic) bond motifs is 1. The van der Waals surface area contributed by atoms with Crippen molar-refractivity contribution >= 4 is 17.0 Å². The maximum Gasteiger partial charge on any atom is 0.339 e. The van der Waals surface area contributed by atoms with Gasteiger partial charge < -0.3 is 9.72 Å². The lowest BCUT2D eigenvalue weighted by molar-refractivity contribution is 0.0471. The fourth-order valence-corrected chi connectivity index (χ4v) is 1.98. The van der Waals surface area contributed by atoms with Crippen molar-refractivity contribution in [3.8, 4) is 0 Å². The Bertz CT molecular complexity index is 767. The van der Waals surface area contributed by atoms with Crippen LogP contribution in [0.2, 0.25) is 0 Å². The van der Waals surface area contributed by atoms with E-state index >= 15 is 0 Å². The van der Waals surface area contributed by atoms with Gasteiger partial charge in [0.05, 0.1) is 5.56 Å². The molecule has 0 aliphatic rings. The number of halogens is 1. The Hall–Kier alpha value is -2.69. The summed E-state index contributed by atoms with van der Waals surface area (Å²) >= 11 is 0. The lowest BCUT2D eigenvalue weighted by atomic mass is 10.2. The first-order valence-electron chi connectivity index (χ1n) is 6.08. The molecule has 0 fully saturated rings. The molecule has 0 saturated heterocycles. The molecule has 3 rings (SSSR count). The zero-order valence-corrected chi connectivity index (χ0v) is 10.5. The molecule has 0 aliphatic carbocycles. The molecule has 0 bridgehead atoms. The van der Waals surface area contributed by atoms with E-state index in [9.17, 15) is 9.18 Å². The van der Waals surface area contributed by atoms with Gasteiger partial charge in [-0.1, -0.05) is 18.2 Å². The number of pyridine rings is 1. The van der Waals surface area contributed by atoms with Crippen LogP contribution in [0, 0.1) is 5.82 Å². The molecule has 0 amide bonds. The van der Waals surface area contributed by atoms with E-state index in [2.05, 4.69) is 9.97 Å². The molecule has 5 heteroatoms. The Morgan fingerprint density at radius 2 is 2.10 bits per heavy atom. The number of hydrogen-bond acceptors (Lipinski definition) is 3. The third-order valence-corrected chi connectivity index (χ3v) is 3.00. The number of ether oxygens (including phenoxy) is 1. The summed E-state index contributed by atoms with van der Waals surface area (Å²) in [5.74, 6) is -0.887. The van der Waals surface area contributed by atoms with E-state index < -0.39 is 5.97 Å². The SMILES string of the molecule is O=C(OCc1ccccc1F)c1ccnc2[nH]ccc12. The number of hydrogen-bond donors (Lipinski definition) is 1. The van der Waals surface area contributed by atoms with Crippen LogP contribution in [-0.2, 0) is 11.3 Å². The van der Waals surface area contributed by atoms with Gasteiger partial charge in [-0.25, -0.2) is 14.2 Å². The fourth-order valence-electron chi connectivity index (χ4n) is 1.98. The molecule has 0 radical (unpaired) electrons. The van der Waals surface area contributed by atoms with Crippen molar-refractivity contribution in [2.75, 3.05) is 0 Å². The van der Waals surface area contributed by atoms with E-state index in [0.29, 0.717) is 22.2 Å². The highest BCUT2D eigenvalue weighted by molar-refractivity contribution is 6.02. The highest BCUT2D eigenvalue weighted by Gasteiger charge is 2.13. The number of aromatic amines is 1. The van der Waals surface area contributed by atoms with E-state index in [4.69, 9.17) is 4.74 Å². The fraction of sp³-hybridized carbons (Fsp3) is 0.0667. The van der Waals surface area contributed by atoms with Crippen molar-refractivity contribution in [3.63, 3.8) is 0 Å². The minimum atomic E-state index is -0.500. The van der Waals surface area contributed by atoms with Crippen molar-refractivity contribution in [1.82, 2.24) is 9.97 Å². The Labute approximate surface area is 114 Å². The molecule has 2 heterocycles. The van der Waals surface area contributed by atoms with Crippen LogP contribution in [0.25, 0.3) is 11.0 Å². The minimum Gasteiger partial charge on any atom is -0.457 e. The Morgan fingerprint density at radius 3 is 2.95 bits per heavy atom. The van der Waals surface area contributed by atoms with Gasteiger partial charge in [0.2, 0.25) is 0 Å². The van der Waals surface area contributed by atoms with Crippen molar-refractivity contribution in [3.05, 3.63) is 65.7 Å². The van der Waals surface area contributed by atoms with Gasteiger partial charge in [-0.15, -0.1) is 0 Å². The van der Waals surface area contributed by atoms with E-state index in [1.165, 1.54) is 12.3 Å². The first-order chi connectivity index (χ1) is 9.75. The summed E-state index contributed by atoms with van der Waals surface area (Å²) in [6.45, 7) is -0.0975. The molecule has 0 unspecified atom stereocenters. The van der Waals surface area contributed by atoms with E-state index in [0.717, 1.165) is 0 Å². The van der Waals surface area contributed by atoms with Gasteiger partial charge in [0, 0.05) is 23.3 Å². The van der Waals surface area contributed by atoms with Gasteiger partial charge in [0.25, 0.3) is 0 Å².